The molecule has 2 amide bonds. The smallest absolute Gasteiger partial charge is 0.347 e. The van der Waals surface area contributed by atoms with E-state index in [-0.39, 0.29) is 11.7 Å². The fourth-order valence-electron chi connectivity index (χ4n) is 3.28. The first kappa shape index (κ1) is 33.9. The topological polar surface area (TPSA) is 101 Å². The van der Waals surface area contributed by atoms with Gasteiger partial charge in [0.15, 0.2) is 6.10 Å². The Balaban J connectivity index is 0.00000631. The summed E-state index contributed by atoms with van der Waals surface area (Å²) in [5.41, 5.74) is 3.92. The monoisotopic (exact) mass is 520 g/mol. The Hall–Kier alpha value is -3.10. The molecule has 210 valence electrons. The Labute approximate surface area is 223 Å². The van der Waals surface area contributed by atoms with Crippen molar-refractivity contribution in [1.29, 1.82) is 0 Å². The quantitative estimate of drug-likeness (QED) is 0.0866. The molecule has 1 unspecified atom stereocenters. The third-order valence-corrected chi connectivity index (χ3v) is 5.21. The molecule has 0 aliphatic rings. The number of esters is 1. The van der Waals surface area contributed by atoms with E-state index in [0.717, 1.165) is 31.2 Å². The molecule has 9 nitrogen and oxygen atoms in total. The molecule has 0 fully saturated rings. The van der Waals surface area contributed by atoms with Crippen molar-refractivity contribution in [3.05, 3.63) is 29.8 Å². The zero-order chi connectivity index (χ0) is 28.1. The lowest BCUT2D eigenvalue weighted by molar-refractivity contribution is -0.150. The highest BCUT2D eigenvalue weighted by molar-refractivity contribution is 6.37. The minimum Gasteiger partial charge on any atom is -0.479 e. The summed E-state index contributed by atoms with van der Waals surface area (Å²) in [4.78, 5) is 41.7. The molecule has 0 bridgehead atoms. The van der Waals surface area contributed by atoms with E-state index in [4.69, 9.17) is 9.47 Å². The number of benzene rings is 1. The maximum absolute atomic E-state index is 12.6. The molecule has 0 aromatic heterocycles. The van der Waals surface area contributed by atoms with E-state index in [1.54, 1.807) is 34.0 Å². The van der Waals surface area contributed by atoms with Crippen molar-refractivity contribution in [2.24, 2.45) is 4.99 Å². The molecule has 0 aliphatic heterocycles. The van der Waals surface area contributed by atoms with Crippen LogP contribution in [0.2, 0.25) is 0 Å². The van der Waals surface area contributed by atoms with E-state index < -0.39 is 12.1 Å². The number of amidine groups is 1. The van der Waals surface area contributed by atoms with Crippen LogP contribution in [0.5, 0.6) is 5.75 Å². The molecule has 1 atom stereocenters. The van der Waals surface area contributed by atoms with Crippen molar-refractivity contribution in [2.45, 2.75) is 85.7 Å². The third-order valence-electron chi connectivity index (χ3n) is 5.21. The first-order chi connectivity index (χ1) is 17.8. The SMILES string of the molecule is CC.CCCCCCCN(C=O)NC(=NCCCc1cccc(OC(C)C(=O)OCC)c1)C(=O)N(C)C. The summed E-state index contributed by atoms with van der Waals surface area (Å²) in [7, 11) is 3.30. The Bertz CT molecular complexity index is 814. The van der Waals surface area contributed by atoms with Crippen molar-refractivity contribution >= 4 is 24.1 Å². The predicted octanol–water partition coefficient (Wildman–Crippen LogP) is 4.40. The predicted molar refractivity (Wildman–Crippen MR) is 148 cm³/mol. The largest absolute Gasteiger partial charge is 0.479 e. The van der Waals surface area contributed by atoms with Crippen LogP contribution in [-0.2, 0) is 25.5 Å². The van der Waals surface area contributed by atoms with Crippen molar-refractivity contribution in [3.8, 4) is 5.75 Å². The van der Waals surface area contributed by atoms with E-state index in [2.05, 4.69) is 17.3 Å². The number of aliphatic imine (C=N–C) groups is 1. The maximum Gasteiger partial charge on any atom is 0.347 e. The number of aryl methyl sites for hydroxylation is 1. The number of carbonyl (C=O) groups is 3. The molecule has 0 saturated carbocycles. The average molecular weight is 521 g/mol. The van der Waals surface area contributed by atoms with E-state index in [1.807, 2.05) is 32.0 Å². The number of nitrogens with zero attached hydrogens (tertiary/aromatic N) is 3. The standard InChI is InChI=1S/C26H42N4O5.C2H6/c1-6-8-9-10-11-18-30(20-31)28-24(25(32)29(4)5)27-17-13-15-22-14-12-16-23(19-22)35-21(3)26(33)34-7-2;1-2/h12,14,16,19-21H,6-11,13,15,17-18H2,1-5H3,(H,27,28);1-2H3. The fourth-order valence-corrected chi connectivity index (χ4v) is 3.28. The molecule has 1 aromatic carbocycles. The molecule has 0 spiro atoms. The summed E-state index contributed by atoms with van der Waals surface area (Å²) >= 11 is 0. The average Bonchev–Trinajstić information content (AvgIpc) is 2.90. The summed E-state index contributed by atoms with van der Waals surface area (Å²) < 4.78 is 10.7. The lowest BCUT2D eigenvalue weighted by atomic mass is 10.1. The first-order valence-electron chi connectivity index (χ1n) is 13.5. The van der Waals surface area contributed by atoms with Gasteiger partial charge >= 0.3 is 5.97 Å². The van der Waals surface area contributed by atoms with Gasteiger partial charge < -0.3 is 14.4 Å². The van der Waals surface area contributed by atoms with E-state index >= 15 is 0 Å². The second-order valence-corrected chi connectivity index (χ2v) is 8.52. The van der Waals surface area contributed by atoms with E-state index in [0.29, 0.717) is 44.7 Å². The van der Waals surface area contributed by atoms with Crippen LogP contribution in [0, 0.1) is 0 Å². The van der Waals surface area contributed by atoms with Gasteiger partial charge in [-0.2, -0.15) is 0 Å². The number of hydrogen-bond acceptors (Lipinski definition) is 6. The number of nitrogens with one attached hydrogen (secondary N) is 1. The highest BCUT2D eigenvalue weighted by atomic mass is 16.6. The second-order valence-electron chi connectivity index (χ2n) is 8.52. The lowest BCUT2D eigenvalue weighted by Crippen LogP contribution is -2.48. The summed E-state index contributed by atoms with van der Waals surface area (Å²) in [5, 5.41) is 1.39. The van der Waals surface area contributed by atoms with Crippen LogP contribution in [0.15, 0.2) is 29.3 Å². The molecular weight excluding hydrogens is 472 g/mol. The van der Waals surface area contributed by atoms with Crippen LogP contribution >= 0.6 is 0 Å². The number of unbranched alkanes of at least 4 members (excludes halogenated alkanes) is 4. The number of rotatable bonds is 16. The van der Waals surface area contributed by atoms with Gasteiger partial charge in [0.2, 0.25) is 12.2 Å². The molecular formula is C28H48N4O5. The summed E-state index contributed by atoms with van der Waals surface area (Å²) in [6.45, 7) is 10.8. The Morgan fingerprint density at radius 2 is 1.78 bits per heavy atom. The van der Waals surface area contributed by atoms with Gasteiger partial charge in [0.1, 0.15) is 5.75 Å². The Kier molecular flexibility index (Phi) is 19.3. The minimum absolute atomic E-state index is 0.149. The molecule has 0 aliphatic carbocycles. The number of hydrazine groups is 1. The van der Waals surface area contributed by atoms with Gasteiger partial charge in [0, 0.05) is 27.2 Å². The number of ether oxygens (including phenoxy) is 2. The molecule has 0 saturated heterocycles. The Morgan fingerprint density at radius 3 is 2.41 bits per heavy atom. The van der Waals surface area contributed by atoms with Crippen LogP contribution in [0.3, 0.4) is 0 Å². The van der Waals surface area contributed by atoms with Gasteiger partial charge in [0.25, 0.3) is 5.91 Å². The summed E-state index contributed by atoms with van der Waals surface area (Å²) in [6.07, 6.45) is 6.79. The van der Waals surface area contributed by atoms with Crippen LogP contribution in [0.1, 0.15) is 78.7 Å². The van der Waals surface area contributed by atoms with Gasteiger partial charge in [-0.25, -0.2) is 4.79 Å². The summed E-state index contributed by atoms with van der Waals surface area (Å²) in [6, 6.07) is 7.53. The first-order valence-corrected chi connectivity index (χ1v) is 13.5. The van der Waals surface area contributed by atoms with Crippen molar-refractivity contribution in [2.75, 3.05) is 33.8 Å². The summed E-state index contributed by atoms with van der Waals surface area (Å²) in [5.74, 6) is 0.0580. The molecule has 0 heterocycles. The Morgan fingerprint density at radius 1 is 1.08 bits per heavy atom. The molecule has 1 aromatic rings. The van der Waals surface area contributed by atoms with Crippen LogP contribution in [0.4, 0.5) is 0 Å². The van der Waals surface area contributed by atoms with Gasteiger partial charge in [-0.05, 0) is 50.8 Å². The van der Waals surface area contributed by atoms with Crippen LogP contribution < -0.4 is 10.2 Å². The number of hydrogen-bond donors (Lipinski definition) is 1. The third kappa shape index (κ3) is 14.9. The molecule has 37 heavy (non-hydrogen) atoms. The fraction of sp³-hybridized carbons (Fsp3) is 0.643. The number of likely N-dealkylation sites (N-methyl/N-ethyl adjacent to an activating group) is 1. The molecule has 9 heteroatoms. The highest BCUT2D eigenvalue weighted by Gasteiger charge is 2.17. The van der Waals surface area contributed by atoms with Gasteiger partial charge in [-0.15, -0.1) is 0 Å². The van der Waals surface area contributed by atoms with Crippen molar-refractivity contribution < 1.29 is 23.9 Å². The maximum atomic E-state index is 12.6. The van der Waals surface area contributed by atoms with Crippen molar-refractivity contribution in [3.63, 3.8) is 0 Å². The molecule has 1 N–H and O–H groups in total. The van der Waals surface area contributed by atoms with Gasteiger partial charge in [-0.1, -0.05) is 58.6 Å². The van der Waals surface area contributed by atoms with Gasteiger partial charge in [0.05, 0.1) is 6.61 Å². The number of amides is 2. The zero-order valence-corrected chi connectivity index (χ0v) is 23.9. The zero-order valence-electron chi connectivity index (χ0n) is 23.9. The van der Waals surface area contributed by atoms with E-state index in [9.17, 15) is 14.4 Å². The second kappa shape index (κ2) is 21.0. The highest BCUT2D eigenvalue weighted by Crippen LogP contribution is 2.16. The lowest BCUT2D eigenvalue weighted by Gasteiger charge is -2.22. The molecule has 1 rings (SSSR count). The van der Waals surface area contributed by atoms with Crippen LogP contribution in [-0.4, -0.2) is 73.9 Å². The molecule has 0 radical (unpaired) electrons. The minimum atomic E-state index is -0.687. The van der Waals surface area contributed by atoms with Crippen LogP contribution in [0.25, 0.3) is 0 Å². The van der Waals surface area contributed by atoms with Crippen molar-refractivity contribution in [1.82, 2.24) is 15.3 Å². The van der Waals surface area contributed by atoms with E-state index in [1.165, 1.54) is 16.3 Å². The van der Waals surface area contributed by atoms with Gasteiger partial charge in [-0.3, -0.25) is 25.0 Å². The number of carbonyl (C=O) groups excluding carboxylic acids is 3. The normalized spacial score (nSPS) is 11.5.